The Hall–Kier alpha value is -6.58. The van der Waals surface area contributed by atoms with Crippen molar-refractivity contribution in [3.63, 3.8) is 0 Å². The van der Waals surface area contributed by atoms with Crippen molar-refractivity contribution in [2.45, 2.75) is 197 Å². The van der Waals surface area contributed by atoms with E-state index in [9.17, 15) is 28.8 Å². The number of benzene rings is 2. The van der Waals surface area contributed by atoms with E-state index in [0.29, 0.717) is 94.8 Å². The molecule has 88 heavy (non-hydrogen) atoms. The topological polar surface area (TPSA) is 224 Å². The minimum absolute atomic E-state index is 0.0261. The third kappa shape index (κ3) is 16.4. The van der Waals surface area contributed by atoms with Gasteiger partial charge in [-0.3, -0.25) is 24.1 Å². The number of hydrogen-bond donors (Lipinski definition) is 4. The molecule has 4 aromatic rings. The summed E-state index contributed by atoms with van der Waals surface area (Å²) in [5.41, 5.74) is -0.850. The van der Waals surface area contributed by atoms with Crippen LogP contribution in [0.15, 0.2) is 61.1 Å². The summed E-state index contributed by atoms with van der Waals surface area (Å²) >= 11 is 6.37. The number of carbonyl (C=O) groups excluding carboxylic acids is 6. The molecule has 0 spiro atoms. The van der Waals surface area contributed by atoms with Crippen LogP contribution in [-0.2, 0) is 28.6 Å². The number of likely N-dealkylation sites (tertiary alicyclic amines) is 3. The van der Waals surface area contributed by atoms with Gasteiger partial charge in [0.25, 0.3) is 5.91 Å². The number of nitrogens with one attached hydrogen (secondary N) is 4. The molecule has 4 aliphatic heterocycles. The van der Waals surface area contributed by atoms with E-state index in [1.165, 1.54) is 17.3 Å². The van der Waals surface area contributed by atoms with Gasteiger partial charge in [0.2, 0.25) is 17.7 Å². The fraction of sp³-hybridized carbons (Fsp3) is 0.636. The minimum Gasteiger partial charge on any atom is -0.444 e. The van der Waals surface area contributed by atoms with Gasteiger partial charge in [0.15, 0.2) is 0 Å². The van der Waals surface area contributed by atoms with E-state index in [1.807, 2.05) is 41.4 Å². The maximum Gasteiger partial charge on any atom is 0.411 e. The molecule has 0 bridgehead atoms. The summed E-state index contributed by atoms with van der Waals surface area (Å²) in [5.74, 6) is -1.55. The highest BCUT2D eigenvalue weighted by Crippen LogP contribution is 2.36. The fourth-order valence-corrected chi connectivity index (χ4v) is 13.7. The molecular formula is C66H91ClFN11O9. The molecule has 2 saturated carbocycles. The van der Waals surface area contributed by atoms with Crippen molar-refractivity contribution in [1.82, 2.24) is 50.5 Å². The Bertz CT molecular complexity index is 3080. The number of rotatable bonds is 18. The second-order valence-corrected chi connectivity index (χ2v) is 27.7. The normalized spacial score (nSPS) is 20.9. The fourth-order valence-electron chi connectivity index (χ4n) is 13.6. The molecule has 20 nitrogen and oxygen atoms in total. The first-order chi connectivity index (χ1) is 42.1. The average molecular weight is 1240 g/mol. The van der Waals surface area contributed by atoms with Gasteiger partial charge in [-0.2, -0.15) is 0 Å². The molecule has 2 aromatic carbocycles. The van der Waals surface area contributed by atoms with Crippen LogP contribution in [0.25, 0.3) is 11.0 Å². The molecule has 1 unspecified atom stereocenters. The zero-order valence-corrected chi connectivity index (χ0v) is 53.0. The highest BCUT2D eigenvalue weighted by atomic mass is 35.5. The lowest BCUT2D eigenvalue weighted by atomic mass is 9.83. The third-order valence-electron chi connectivity index (χ3n) is 18.5. The quantitative estimate of drug-likeness (QED) is 0.0729. The summed E-state index contributed by atoms with van der Waals surface area (Å²) in [4.78, 5) is 106. The van der Waals surface area contributed by atoms with Gasteiger partial charge >= 0.3 is 12.2 Å². The minimum atomic E-state index is -1.26. The molecule has 0 radical (unpaired) electrons. The summed E-state index contributed by atoms with van der Waals surface area (Å²) in [6.07, 6.45) is 13.9. The number of carbonyl (C=O) groups is 6. The van der Waals surface area contributed by atoms with Gasteiger partial charge < -0.3 is 54.7 Å². The van der Waals surface area contributed by atoms with Gasteiger partial charge in [-0.05, 0) is 166 Å². The van der Waals surface area contributed by atoms with Crippen LogP contribution in [0.1, 0.15) is 178 Å². The van der Waals surface area contributed by atoms with E-state index in [0.717, 1.165) is 93.3 Å². The van der Waals surface area contributed by atoms with Crippen molar-refractivity contribution in [3.8, 4) is 0 Å². The molecule has 4 N–H and O–H groups in total. The molecule has 4 saturated heterocycles. The number of nitrogens with zero attached hydrogens (tertiary/aromatic N) is 7. The van der Waals surface area contributed by atoms with E-state index < -0.39 is 46.7 Å². The van der Waals surface area contributed by atoms with E-state index in [4.69, 9.17) is 25.8 Å². The Kier molecular flexibility index (Phi) is 20.5. The van der Waals surface area contributed by atoms with E-state index in [-0.39, 0.29) is 72.5 Å². The molecule has 10 rings (SSSR count). The number of hydrogen-bond acceptors (Lipinski definition) is 13. The summed E-state index contributed by atoms with van der Waals surface area (Å²) in [5, 5.41) is 10.9. The van der Waals surface area contributed by atoms with Crippen LogP contribution in [0.3, 0.4) is 0 Å². The molecule has 2 aliphatic carbocycles. The third-order valence-corrected chi connectivity index (χ3v) is 18.7. The number of piperidine rings is 4. The zero-order valence-electron chi connectivity index (χ0n) is 52.3. The van der Waals surface area contributed by atoms with Crippen molar-refractivity contribution in [2.75, 3.05) is 70.3 Å². The smallest absolute Gasteiger partial charge is 0.411 e. The first kappa shape index (κ1) is 64.4. The van der Waals surface area contributed by atoms with Crippen LogP contribution < -0.4 is 20.9 Å². The zero-order chi connectivity index (χ0) is 62.3. The number of H-pyrrole nitrogens is 1. The standard InChI is InChI=1S/C66H91ClFN11O9/c1-64(2,3)87-62(84)74-66(29-38-76(39-30-66)58-52-23-31-69-57(52)70-42-71-58)61(83)72-53(43-17-19-46(67)20-18-43)28-35-75-33-24-48(25-34-75)86-49-26-36-77(37-27-49)60(82)56(44-12-8-7-9-13-44)73-59(81)51-16-10-15-50(55(51)68)45-14-11-32-78(40-45)54(80)41-79(47-21-22-47)63(85)88-65(4,5)6/h10,15-20,23,31,42,44-45,47-49,53,56H,7-9,11-14,21-22,24-30,32-41H2,1-6H3,(H,72,83)(H,73,81)(H,74,84)(H,69,70,71)/t45?,53-,56+/m0/s1. The van der Waals surface area contributed by atoms with Crippen molar-refractivity contribution in [3.05, 3.63) is 88.6 Å². The SMILES string of the molecule is CC(C)(C)OC(=O)NC1(C(=O)N[C@@H](CCN2CCC(OC3CCN(C(=O)[C@H](NC(=O)c4cccc(C5CCCN(C(=O)CN(C(=O)OC(C)(C)C)C6CC6)C5)c4F)C4CCCCC4)CC3)CC2)c2ccc(Cl)cc2)CCN(c2ncnc3[nH]ccc23)CC1. The first-order valence-electron chi connectivity index (χ1n) is 32.2. The van der Waals surface area contributed by atoms with Crippen molar-refractivity contribution in [2.24, 2.45) is 5.92 Å². The predicted molar refractivity (Wildman–Crippen MR) is 333 cm³/mol. The van der Waals surface area contributed by atoms with E-state index >= 15 is 4.39 Å². The van der Waals surface area contributed by atoms with Crippen LogP contribution in [0.2, 0.25) is 5.02 Å². The molecule has 6 amide bonds. The average Bonchev–Trinajstić information content (AvgIpc) is 3.25. The number of aromatic amines is 1. The molecule has 6 fully saturated rings. The van der Waals surface area contributed by atoms with Gasteiger partial charge in [0.05, 0.1) is 29.2 Å². The van der Waals surface area contributed by atoms with Crippen LogP contribution in [-0.4, -0.2) is 177 Å². The van der Waals surface area contributed by atoms with Gasteiger partial charge in [0.1, 0.15) is 52.9 Å². The highest BCUT2D eigenvalue weighted by molar-refractivity contribution is 6.30. The predicted octanol–water partition coefficient (Wildman–Crippen LogP) is 9.82. The molecule has 6 heterocycles. The molecule has 478 valence electrons. The van der Waals surface area contributed by atoms with Gasteiger partial charge in [-0.1, -0.05) is 55.1 Å². The number of alkyl carbamates (subject to hydrolysis) is 1. The largest absolute Gasteiger partial charge is 0.444 e. The second-order valence-electron chi connectivity index (χ2n) is 27.3. The Morgan fingerprint density at radius 3 is 2.11 bits per heavy atom. The molecular weight excluding hydrogens is 1150 g/mol. The summed E-state index contributed by atoms with van der Waals surface area (Å²) in [6.45, 7) is 15.6. The number of aromatic nitrogens is 3. The maximum atomic E-state index is 16.7. The summed E-state index contributed by atoms with van der Waals surface area (Å²) in [6, 6.07) is 13.1. The van der Waals surface area contributed by atoms with Crippen LogP contribution in [0.5, 0.6) is 0 Å². The number of anilines is 1. The number of halogens is 2. The molecule has 6 aliphatic rings. The summed E-state index contributed by atoms with van der Waals surface area (Å²) in [7, 11) is 0. The van der Waals surface area contributed by atoms with E-state index in [2.05, 4.69) is 40.7 Å². The second kappa shape index (κ2) is 28.1. The molecule has 3 atom stereocenters. The Morgan fingerprint density at radius 1 is 0.761 bits per heavy atom. The van der Waals surface area contributed by atoms with Crippen LogP contribution in [0, 0.1) is 11.7 Å². The van der Waals surface area contributed by atoms with Crippen molar-refractivity contribution >= 4 is 64.3 Å². The maximum absolute atomic E-state index is 16.7. The summed E-state index contributed by atoms with van der Waals surface area (Å²) < 4.78 is 34.8. The number of fused-ring (bicyclic) bond motifs is 1. The number of ether oxygens (including phenoxy) is 3. The molecule has 2 aromatic heterocycles. The van der Waals surface area contributed by atoms with Gasteiger partial charge in [-0.15, -0.1) is 0 Å². The van der Waals surface area contributed by atoms with Crippen LogP contribution in [0.4, 0.5) is 19.8 Å². The van der Waals surface area contributed by atoms with Gasteiger partial charge in [-0.25, -0.2) is 23.9 Å². The van der Waals surface area contributed by atoms with E-state index in [1.54, 1.807) is 58.6 Å². The van der Waals surface area contributed by atoms with Crippen LogP contribution >= 0.6 is 11.6 Å². The lowest BCUT2D eigenvalue weighted by Crippen LogP contribution is -2.64. The molecule has 22 heteroatoms. The monoisotopic (exact) mass is 1240 g/mol. The van der Waals surface area contributed by atoms with Crippen molar-refractivity contribution in [1.29, 1.82) is 0 Å². The Balaban J connectivity index is 0.714. The Labute approximate surface area is 522 Å². The highest BCUT2D eigenvalue weighted by Gasteiger charge is 2.46. The number of amides is 6. The Morgan fingerprint density at radius 2 is 1.44 bits per heavy atom. The lowest BCUT2D eigenvalue weighted by Gasteiger charge is -2.42. The van der Waals surface area contributed by atoms with Crippen molar-refractivity contribution < 1.29 is 47.4 Å². The first-order valence-corrected chi connectivity index (χ1v) is 32.6. The van der Waals surface area contributed by atoms with Gasteiger partial charge in [0, 0.05) is 82.1 Å². The lowest BCUT2D eigenvalue weighted by molar-refractivity contribution is -0.139.